The van der Waals surface area contributed by atoms with Gasteiger partial charge in [0.25, 0.3) is 0 Å². The maximum absolute atomic E-state index is 11.1. The fourth-order valence-corrected chi connectivity index (χ4v) is 3.21. The van der Waals surface area contributed by atoms with Crippen LogP contribution in [0.1, 0.15) is 11.1 Å². The lowest BCUT2D eigenvalue weighted by Gasteiger charge is -2.19. The Morgan fingerprint density at radius 1 is 1.40 bits per heavy atom. The molecule has 2 aliphatic rings. The summed E-state index contributed by atoms with van der Waals surface area (Å²) < 4.78 is 31.9. The summed E-state index contributed by atoms with van der Waals surface area (Å²) in [6.07, 6.45) is -0.175. The SMILES string of the molecule is N[C@@]12OS(=O)(=O)OC1Cc1ccccc12. The second kappa shape index (κ2) is 2.59. The second-order valence-electron chi connectivity index (χ2n) is 3.73. The van der Waals surface area contributed by atoms with Crippen LogP contribution in [0.4, 0.5) is 0 Å². The van der Waals surface area contributed by atoms with Crippen molar-refractivity contribution in [3.8, 4) is 0 Å². The minimum Gasteiger partial charge on any atom is -0.296 e. The van der Waals surface area contributed by atoms with Crippen LogP contribution in [0.2, 0.25) is 0 Å². The summed E-state index contributed by atoms with van der Waals surface area (Å²) in [6, 6.07) is 7.32. The highest BCUT2D eigenvalue weighted by molar-refractivity contribution is 7.82. The van der Waals surface area contributed by atoms with Crippen LogP contribution in [0.15, 0.2) is 24.3 Å². The van der Waals surface area contributed by atoms with Gasteiger partial charge in [-0.25, -0.2) is 8.37 Å². The Kier molecular flexibility index (Phi) is 1.60. The van der Waals surface area contributed by atoms with Gasteiger partial charge in [-0.05, 0) is 5.56 Å². The van der Waals surface area contributed by atoms with Crippen molar-refractivity contribution in [1.82, 2.24) is 0 Å². The molecular formula is C9H9NO4S. The van der Waals surface area contributed by atoms with Crippen LogP contribution in [0, 0.1) is 0 Å². The number of rotatable bonds is 0. The molecule has 2 N–H and O–H groups in total. The number of nitrogens with two attached hydrogens (primary N) is 1. The predicted molar refractivity (Wildman–Crippen MR) is 50.9 cm³/mol. The van der Waals surface area contributed by atoms with Gasteiger partial charge < -0.3 is 0 Å². The highest BCUT2D eigenvalue weighted by atomic mass is 32.3. The molecule has 2 atom stereocenters. The smallest absolute Gasteiger partial charge is 0.296 e. The maximum atomic E-state index is 11.1. The van der Waals surface area contributed by atoms with Gasteiger partial charge >= 0.3 is 10.4 Å². The first-order chi connectivity index (χ1) is 7.01. The standard InChI is InChI=1S/C9H9NO4S/c10-9-7-4-2-1-3-6(7)5-8(9)13-15(11,12)14-9/h1-4,8H,5,10H2/t8?,9-/m0/s1. The van der Waals surface area contributed by atoms with Gasteiger partial charge in [-0.2, -0.15) is 8.42 Å². The van der Waals surface area contributed by atoms with Crippen molar-refractivity contribution in [2.45, 2.75) is 18.2 Å². The number of hydrogen-bond donors (Lipinski definition) is 1. The van der Waals surface area contributed by atoms with Gasteiger partial charge in [0.1, 0.15) is 6.10 Å². The molecule has 80 valence electrons. The molecule has 6 heteroatoms. The molecule has 1 aromatic carbocycles. The lowest BCUT2D eigenvalue weighted by Crippen LogP contribution is -2.42. The Morgan fingerprint density at radius 2 is 2.13 bits per heavy atom. The molecule has 0 radical (unpaired) electrons. The van der Waals surface area contributed by atoms with Crippen LogP contribution in [0.25, 0.3) is 0 Å². The Hall–Kier alpha value is -0.950. The largest absolute Gasteiger partial charge is 0.402 e. The fourth-order valence-electron chi connectivity index (χ4n) is 2.14. The lowest BCUT2D eigenvalue weighted by atomic mass is 10.1. The van der Waals surface area contributed by atoms with E-state index >= 15 is 0 Å². The van der Waals surface area contributed by atoms with Gasteiger partial charge in [-0.15, -0.1) is 0 Å². The Morgan fingerprint density at radius 3 is 2.93 bits per heavy atom. The van der Waals surface area contributed by atoms with Crippen molar-refractivity contribution >= 4 is 10.4 Å². The van der Waals surface area contributed by atoms with Crippen LogP contribution in [0.3, 0.4) is 0 Å². The molecule has 1 heterocycles. The molecule has 1 fully saturated rings. The third kappa shape index (κ3) is 1.16. The topological polar surface area (TPSA) is 78.6 Å². The minimum atomic E-state index is -3.93. The van der Waals surface area contributed by atoms with Crippen molar-refractivity contribution in [3.63, 3.8) is 0 Å². The van der Waals surface area contributed by atoms with E-state index in [1.54, 1.807) is 12.1 Å². The molecule has 1 aliphatic carbocycles. The third-order valence-electron chi connectivity index (χ3n) is 2.80. The molecule has 0 aromatic heterocycles. The molecule has 0 saturated carbocycles. The normalized spacial score (nSPS) is 36.2. The first-order valence-corrected chi connectivity index (χ1v) is 5.86. The first-order valence-electron chi connectivity index (χ1n) is 4.52. The van der Waals surface area contributed by atoms with Crippen LogP contribution >= 0.6 is 0 Å². The van der Waals surface area contributed by atoms with Crippen LogP contribution < -0.4 is 5.73 Å². The summed E-state index contributed by atoms with van der Waals surface area (Å²) in [6.45, 7) is 0. The molecule has 0 bridgehead atoms. The zero-order valence-electron chi connectivity index (χ0n) is 7.71. The molecule has 1 aliphatic heterocycles. The van der Waals surface area contributed by atoms with E-state index in [0.717, 1.165) is 5.56 Å². The van der Waals surface area contributed by atoms with Crippen molar-refractivity contribution < 1.29 is 16.8 Å². The maximum Gasteiger partial charge on any atom is 0.402 e. The van der Waals surface area contributed by atoms with Crippen LogP contribution in [0.5, 0.6) is 0 Å². The molecule has 0 spiro atoms. The van der Waals surface area contributed by atoms with E-state index in [2.05, 4.69) is 0 Å². The number of benzene rings is 1. The summed E-state index contributed by atoms with van der Waals surface area (Å²) in [7, 11) is -3.93. The van der Waals surface area contributed by atoms with Crippen molar-refractivity contribution in [1.29, 1.82) is 0 Å². The monoisotopic (exact) mass is 227 g/mol. The van der Waals surface area contributed by atoms with Gasteiger partial charge in [-0.1, -0.05) is 24.3 Å². The van der Waals surface area contributed by atoms with Crippen molar-refractivity contribution in [2.75, 3.05) is 0 Å². The van der Waals surface area contributed by atoms with E-state index in [9.17, 15) is 8.42 Å². The van der Waals surface area contributed by atoms with Crippen molar-refractivity contribution in [2.24, 2.45) is 5.73 Å². The Balaban J connectivity index is 2.18. The summed E-state index contributed by atoms with van der Waals surface area (Å²) >= 11 is 0. The highest BCUT2D eigenvalue weighted by Gasteiger charge is 2.56. The number of fused-ring (bicyclic) bond motifs is 3. The van der Waals surface area contributed by atoms with E-state index in [1.165, 1.54) is 0 Å². The molecule has 5 nitrogen and oxygen atoms in total. The zero-order valence-corrected chi connectivity index (χ0v) is 8.53. The summed E-state index contributed by atoms with van der Waals surface area (Å²) in [5.74, 6) is 0. The zero-order chi connectivity index (χ0) is 10.7. The second-order valence-corrected chi connectivity index (χ2v) is 4.91. The molecule has 0 amide bonds. The van der Waals surface area contributed by atoms with Gasteiger partial charge in [0.05, 0.1) is 0 Å². The van der Waals surface area contributed by atoms with Gasteiger partial charge in [0.2, 0.25) is 0 Å². The van der Waals surface area contributed by atoms with Gasteiger partial charge in [0.15, 0.2) is 5.72 Å². The molecule has 3 rings (SSSR count). The molecule has 15 heavy (non-hydrogen) atoms. The average Bonchev–Trinajstić information content (AvgIpc) is 2.51. The van der Waals surface area contributed by atoms with E-state index < -0.39 is 22.2 Å². The van der Waals surface area contributed by atoms with Gasteiger partial charge in [0, 0.05) is 12.0 Å². The summed E-state index contributed by atoms with van der Waals surface area (Å²) in [4.78, 5) is 0. The fraction of sp³-hybridized carbons (Fsp3) is 0.333. The first kappa shape index (κ1) is 9.29. The molecule has 1 unspecified atom stereocenters. The Labute approximate surface area is 87.1 Å². The van der Waals surface area contributed by atoms with Crippen LogP contribution in [-0.2, 0) is 30.9 Å². The summed E-state index contributed by atoms with van der Waals surface area (Å²) in [5, 5.41) is 0. The van der Waals surface area contributed by atoms with E-state index in [0.29, 0.717) is 12.0 Å². The summed E-state index contributed by atoms with van der Waals surface area (Å²) in [5.41, 5.74) is 6.25. The lowest BCUT2D eigenvalue weighted by molar-refractivity contribution is 0.0559. The quantitative estimate of drug-likeness (QED) is 0.675. The van der Waals surface area contributed by atoms with E-state index in [1.807, 2.05) is 12.1 Å². The predicted octanol–water partition coefficient (Wildman–Crippen LogP) is 0.0144. The third-order valence-corrected chi connectivity index (χ3v) is 3.74. The van der Waals surface area contributed by atoms with Gasteiger partial charge in [-0.3, -0.25) is 5.73 Å². The van der Waals surface area contributed by atoms with Crippen molar-refractivity contribution in [3.05, 3.63) is 35.4 Å². The minimum absolute atomic E-state index is 0.464. The Bertz CT molecular complexity index is 527. The molecule has 1 aromatic rings. The van der Waals surface area contributed by atoms with E-state index in [4.69, 9.17) is 14.1 Å². The molecular weight excluding hydrogens is 218 g/mol. The van der Waals surface area contributed by atoms with Crippen LogP contribution in [-0.4, -0.2) is 14.5 Å². The average molecular weight is 227 g/mol. The molecule has 1 saturated heterocycles. The highest BCUT2D eigenvalue weighted by Crippen LogP contribution is 2.44. The number of hydrogen-bond acceptors (Lipinski definition) is 5. The van der Waals surface area contributed by atoms with E-state index in [-0.39, 0.29) is 0 Å².